The average molecular weight is 284 g/mol. The van der Waals surface area contributed by atoms with Crippen LogP contribution in [0.3, 0.4) is 0 Å². The molecule has 3 heteroatoms. The van der Waals surface area contributed by atoms with Crippen molar-refractivity contribution in [2.45, 2.75) is 55.7 Å². The lowest BCUT2D eigenvalue weighted by Gasteiger charge is -2.30. The summed E-state index contributed by atoms with van der Waals surface area (Å²) in [6, 6.07) is 5.12. The average Bonchev–Trinajstić information content (AvgIpc) is 2.93. The van der Waals surface area contributed by atoms with Gasteiger partial charge >= 0.3 is 0 Å². The van der Waals surface area contributed by atoms with E-state index >= 15 is 0 Å². The van der Waals surface area contributed by atoms with E-state index in [1.54, 1.807) is 0 Å². The minimum absolute atomic E-state index is 0.720. The Morgan fingerprint density at radius 1 is 1.39 bits per heavy atom. The third kappa shape index (κ3) is 4.60. The van der Waals surface area contributed by atoms with E-state index < -0.39 is 0 Å². The van der Waals surface area contributed by atoms with Gasteiger partial charge in [-0.15, -0.1) is 23.1 Å². The minimum atomic E-state index is 0.720. The highest BCUT2D eigenvalue weighted by Gasteiger charge is 2.23. The number of thioether (sulfide) groups is 1. The van der Waals surface area contributed by atoms with Crippen LogP contribution < -0.4 is 5.32 Å². The van der Waals surface area contributed by atoms with Crippen LogP contribution in [0.1, 0.15) is 45.4 Å². The lowest BCUT2D eigenvalue weighted by molar-refractivity contribution is 0.285. The summed E-state index contributed by atoms with van der Waals surface area (Å²) in [6.07, 6.45) is 8.46. The Bertz CT molecular complexity index is 304. The summed E-state index contributed by atoms with van der Waals surface area (Å²) in [6.45, 7) is 3.43. The van der Waals surface area contributed by atoms with Crippen molar-refractivity contribution in [1.82, 2.24) is 5.32 Å². The van der Waals surface area contributed by atoms with Crippen molar-refractivity contribution in [2.75, 3.05) is 12.3 Å². The Hall–Kier alpha value is 0.01000. The molecule has 102 valence electrons. The summed E-state index contributed by atoms with van der Waals surface area (Å²) in [5, 5.41) is 5.96. The van der Waals surface area contributed by atoms with E-state index in [4.69, 9.17) is 0 Å². The first-order chi connectivity index (χ1) is 8.90. The van der Waals surface area contributed by atoms with Crippen molar-refractivity contribution in [3.8, 4) is 0 Å². The number of hydrogen-bond donors (Lipinski definition) is 1. The molecule has 0 aromatic carbocycles. The lowest BCUT2D eigenvalue weighted by Crippen LogP contribution is -2.39. The van der Waals surface area contributed by atoms with E-state index in [1.807, 2.05) is 23.1 Å². The Morgan fingerprint density at radius 2 is 2.22 bits per heavy atom. The molecule has 0 spiro atoms. The molecule has 2 rings (SSSR count). The van der Waals surface area contributed by atoms with E-state index in [0.29, 0.717) is 0 Å². The van der Waals surface area contributed by atoms with Crippen molar-refractivity contribution in [2.24, 2.45) is 5.92 Å². The van der Waals surface area contributed by atoms with Crippen LogP contribution in [0, 0.1) is 5.92 Å². The van der Waals surface area contributed by atoms with Crippen molar-refractivity contribution in [3.63, 3.8) is 0 Å². The molecule has 1 unspecified atom stereocenters. The highest BCUT2D eigenvalue weighted by Crippen LogP contribution is 2.31. The number of rotatable bonds is 7. The predicted molar refractivity (Wildman–Crippen MR) is 83.7 cm³/mol. The molecule has 1 aromatic heterocycles. The normalized spacial score (nSPS) is 18.9. The Morgan fingerprint density at radius 3 is 2.89 bits per heavy atom. The molecular weight excluding hydrogens is 258 g/mol. The minimum Gasteiger partial charge on any atom is -0.313 e. The zero-order valence-corrected chi connectivity index (χ0v) is 13.0. The third-order valence-electron chi connectivity index (χ3n) is 3.78. The number of thiophene rings is 1. The van der Waals surface area contributed by atoms with Crippen LogP contribution in [0.5, 0.6) is 0 Å². The summed E-state index contributed by atoms with van der Waals surface area (Å²) in [7, 11) is 0. The van der Waals surface area contributed by atoms with Gasteiger partial charge in [-0.25, -0.2) is 0 Å². The summed E-state index contributed by atoms with van der Waals surface area (Å²) < 4.78 is 1.47. The van der Waals surface area contributed by atoms with Gasteiger partial charge in [-0.3, -0.25) is 0 Å². The fourth-order valence-electron chi connectivity index (χ4n) is 2.75. The van der Waals surface area contributed by atoms with Gasteiger partial charge in [0.05, 0.1) is 4.21 Å². The molecule has 1 saturated carbocycles. The van der Waals surface area contributed by atoms with E-state index in [2.05, 4.69) is 29.8 Å². The van der Waals surface area contributed by atoms with Crippen molar-refractivity contribution in [3.05, 3.63) is 17.5 Å². The molecule has 0 saturated heterocycles. The van der Waals surface area contributed by atoms with Gasteiger partial charge in [-0.2, -0.15) is 0 Å². The van der Waals surface area contributed by atoms with Crippen LogP contribution in [0.15, 0.2) is 21.7 Å². The number of nitrogens with one attached hydrogen (secondary N) is 1. The van der Waals surface area contributed by atoms with Gasteiger partial charge in [-0.1, -0.05) is 32.3 Å². The molecule has 1 atom stereocenters. The smallest absolute Gasteiger partial charge is 0.0599 e. The van der Waals surface area contributed by atoms with Gasteiger partial charge in [-0.05, 0) is 43.2 Å². The Balaban J connectivity index is 1.83. The Kier molecular flexibility index (Phi) is 6.60. The highest BCUT2D eigenvalue weighted by atomic mass is 32.2. The quantitative estimate of drug-likeness (QED) is 0.722. The van der Waals surface area contributed by atoms with Gasteiger partial charge in [0, 0.05) is 11.8 Å². The fourth-order valence-corrected chi connectivity index (χ4v) is 4.75. The van der Waals surface area contributed by atoms with E-state index in [9.17, 15) is 0 Å². The maximum atomic E-state index is 3.79. The van der Waals surface area contributed by atoms with Gasteiger partial charge in [0.1, 0.15) is 0 Å². The summed E-state index contributed by atoms with van der Waals surface area (Å²) >= 11 is 3.91. The number of hydrogen-bond acceptors (Lipinski definition) is 3. The predicted octanol–water partition coefficient (Wildman–Crippen LogP) is 4.79. The van der Waals surface area contributed by atoms with Crippen LogP contribution in [-0.4, -0.2) is 18.3 Å². The second kappa shape index (κ2) is 8.23. The first-order valence-corrected chi connectivity index (χ1v) is 9.16. The Labute approximate surface area is 120 Å². The molecular formula is C15H25NS2. The van der Waals surface area contributed by atoms with Crippen LogP contribution in [0.25, 0.3) is 0 Å². The summed E-state index contributed by atoms with van der Waals surface area (Å²) in [5.74, 6) is 2.16. The van der Waals surface area contributed by atoms with E-state index in [0.717, 1.165) is 12.0 Å². The monoisotopic (exact) mass is 283 g/mol. The molecule has 18 heavy (non-hydrogen) atoms. The second-order valence-electron chi connectivity index (χ2n) is 5.20. The van der Waals surface area contributed by atoms with E-state index in [1.165, 1.54) is 55.0 Å². The largest absolute Gasteiger partial charge is 0.313 e. The molecule has 1 fully saturated rings. The van der Waals surface area contributed by atoms with Crippen molar-refractivity contribution in [1.29, 1.82) is 0 Å². The van der Waals surface area contributed by atoms with Gasteiger partial charge < -0.3 is 5.32 Å². The molecule has 1 aliphatic carbocycles. The SMILES string of the molecule is CCCNC(CSc1cccs1)C1CCCCC1. The van der Waals surface area contributed by atoms with Crippen molar-refractivity contribution < 1.29 is 0 Å². The fraction of sp³-hybridized carbons (Fsp3) is 0.733. The van der Waals surface area contributed by atoms with Crippen LogP contribution >= 0.6 is 23.1 Å². The zero-order valence-electron chi connectivity index (χ0n) is 11.4. The second-order valence-corrected chi connectivity index (χ2v) is 7.47. The third-order valence-corrected chi connectivity index (χ3v) is 6.03. The van der Waals surface area contributed by atoms with Crippen LogP contribution in [0.4, 0.5) is 0 Å². The highest BCUT2D eigenvalue weighted by molar-refractivity contribution is 8.01. The molecule has 0 aliphatic heterocycles. The lowest BCUT2D eigenvalue weighted by atomic mass is 9.84. The molecule has 1 nitrogen and oxygen atoms in total. The van der Waals surface area contributed by atoms with Gasteiger partial charge in [0.2, 0.25) is 0 Å². The van der Waals surface area contributed by atoms with Crippen LogP contribution in [-0.2, 0) is 0 Å². The van der Waals surface area contributed by atoms with Crippen LogP contribution in [0.2, 0.25) is 0 Å². The maximum Gasteiger partial charge on any atom is 0.0599 e. The standard InChI is InChI=1S/C15H25NS2/c1-2-10-16-14(13-7-4-3-5-8-13)12-18-15-9-6-11-17-15/h6,9,11,13-14,16H,2-5,7-8,10,12H2,1H3. The molecule has 1 aromatic rings. The maximum absolute atomic E-state index is 3.79. The molecule has 0 amide bonds. The summed E-state index contributed by atoms with van der Waals surface area (Å²) in [4.78, 5) is 0. The van der Waals surface area contributed by atoms with Crippen molar-refractivity contribution >= 4 is 23.1 Å². The molecule has 1 heterocycles. The first kappa shape index (κ1) is 14.4. The molecule has 0 radical (unpaired) electrons. The zero-order chi connectivity index (χ0) is 12.6. The first-order valence-electron chi connectivity index (χ1n) is 7.30. The van der Waals surface area contributed by atoms with Gasteiger partial charge in [0.15, 0.2) is 0 Å². The molecule has 0 bridgehead atoms. The molecule has 1 aliphatic rings. The topological polar surface area (TPSA) is 12.0 Å². The summed E-state index contributed by atoms with van der Waals surface area (Å²) in [5.41, 5.74) is 0. The van der Waals surface area contributed by atoms with Gasteiger partial charge in [0.25, 0.3) is 0 Å². The van der Waals surface area contributed by atoms with E-state index in [-0.39, 0.29) is 0 Å². The molecule has 1 N–H and O–H groups in total.